The number of aryl methyl sites for hydroxylation is 1. The molecule has 0 aliphatic carbocycles. The van der Waals surface area contributed by atoms with E-state index in [1.54, 1.807) is 33.8 Å². The highest BCUT2D eigenvalue weighted by molar-refractivity contribution is 5.93. The van der Waals surface area contributed by atoms with Gasteiger partial charge in [0.05, 0.1) is 12.3 Å². The average Bonchev–Trinajstić information content (AvgIpc) is 2.77. The number of pyridine rings is 1. The molecule has 1 aromatic carbocycles. The molecule has 0 spiro atoms. The number of rotatable bonds is 11. The van der Waals surface area contributed by atoms with Gasteiger partial charge in [-0.1, -0.05) is 30.3 Å². The third-order valence-electron chi connectivity index (χ3n) is 5.00. The molecule has 0 aliphatic rings. The minimum Gasteiger partial charge on any atom is -0.465 e. The molecule has 8 heteroatoms. The summed E-state index contributed by atoms with van der Waals surface area (Å²) in [4.78, 5) is 42.9. The smallest absolute Gasteiger partial charge is 0.359 e. The second-order valence-corrected chi connectivity index (χ2v) is 8.94. The van der Waals surface area contributed by atoms with Gasteiger partial charge < -0.3 is 20.1 Å². The van der Waals surface area contributed by atoms with Crippen LogP contribution in [0.4, 0.5) is 5.69 Å². The molecule has 0 radical (unpaired) electrons. The molecule has 2 N–H and O–H groups in total. The van der Waals surface area contributed by atoms with Gasteiger partial charge in [0.2, 0.25) is 5.91 Å². The van der Waals surface area contributed by atoms with Crippen molar-refractivity contribution in [3.05, 3.63) is 59.4 Å². The van der Waals surface area contributed by atoms with Gasteiger partial charge in [-0.3, -0.25) is 9.59 Å². The number of esters is 2. The summed E-state index contributed by atoms with van der Waals surface area (Å²) in [5.74, 6) is -1.14. The molecule has 2 rings (SSSR count). The number of ether oxygens (including phenoxy) is 2. The quantitative estimate of drug-likeness (QED) is 0.501. The first kappa shape index (κ1) is 26.8. The number of nitrogen functional groups attached to an aromatic ring is 1. The second kappa shape index (κ2) is 12.7. The molecule has 1 amide bonds. The second-order valence-electron chi connectivity index (χ2n) is 8.94. The fourth-order valence-corrected chi connectivity index (χ4v) is 3.37. The topological polar surface area (TPSA) is 112 Å². The highest BCUT2D eigenvalue weighted by atomic mass is 16.6. The van der Waals surface area contributed by atoms with Gasteiger partial charge in [0.25, 0.3) is 0 Å². The summed E-state index contributed by atoms with van der Waals surface area (Å²) >= 11 is 0. The Balaban J connectivity index is 1.99. The standard InChI is InChI=1S/C26H35N3O5/c1-5-33-22(31)18-29(17-15-19-10-7-6-8-11-19)21(30)13-9-12-20-14-16-28-24(23(20)27)25(32)34-26(2,3)4/h6-8,10-11,14,16H,5,9,12-13,15,17-18,27H2,1-4H3. The van der Waals surface area contributed by atoms with E-state index in [2.05, 4.69) is 4.98 Å². The summed E-state index contributed by atoms with van der Waals surface area (Å²) < 4.78 is 10.4. The molecule has 8 nitrogen and oxygen atoms in total. The maximum Gasteiger partial charge on any atom is 0.359 e. The number of carbonyl (C=O) groups excluding carboxylic acids is 3. The molecule has 0 fully saturated rings. The van der Waals surface area contributed by atoms with Crippen molar-refractivity contribution >= 4 is 23.5 Å². The molecule has 0 bridgehead atoms. The third-order valence-corrected chi connectivity index (χ3v) is 5.00. The van der Waals surface area contributed by atoms with Crippen LogP contribution in [0, 0.1) is 0 Å². The van der Waals surface area contributed by atoms with Crippen LogP contribution >= 0.6 is 0 Å². The van der Waals surface area contributed by atoms with Gasteiger partial charge in [0.1, 0.15) is 12.1 Å². The SMILES string of the molecule is CCOC(=O)CN(CCc1ccccc1)C(=O)CCCc1ccnc(C(=O)OC(C)(C)C)c1N. The van der Waals surface area contributed by atoms with E-state index in [0.29, 0.717) is 25.8 Å². The van der Waals surface area contributed by atoms with E-state index >= 15 is 0 Å². The molecule has 0 atom stereocenters. The number of aromatic nitrogens is 1. The summed E-state index contributed by atoms with van der Waals surface area (Å²) in [7, 11) is 0. The lowest BCUT2D eigenvalue weighted by Crippen LogP contribution is -2.38. The largest absolute Gasteiger partial charge is 0.465 e. The molecule has 184 valence electrons. The van der Waals surface area contributed by atoms with Crippen molar-refractivity contribution in [3.63, 3.8) is 0 Å². The molecule has 34 heavy (non-hydrogen) atoms. The maximum atomic E-state index is 12.9. The molecule has 1 aromatic heterocycles. The van der Waals surface area contributed by atoms with Crippen LogP contribution in [-0.2, 0) is 31.9 Å². The van der Waals surface area contributed by atoms with E-state index in [1.807, 2.05) is 30.3 Å². The lowest BCUT2D eigenvalue weighted by molar-refractivity contribution is -0.149. The molecule has 0 unspecified atom stereocenters. The zero-order chi connectivity index (χ0) is 25.1. The summed E-state index contributed by atoms with van der Waals surface area (Å²) in [5, 5.41) is 0. The first-order chi connectivity index (χ1) is 16.1. The summed E-state index contributed by atoms with van der Waals surface area (Å²) in [5.41, 5.74) is 7.66. The number of nitrogens with zero attached hydrogens (tertiary/aromatic N) is 2. The average molecular weight is 470 g/mol. The van der Waals surface area contributed by atoms with E-state index in [-0.39, 0.29) is 36.9 Å². The van der Waals surface area contributed by atoms with Crippen molar-refractivity contribution in [2.45, 2.75) is 59.0 Å². The number of hydrogen-bond acceptors (Lipinski definition) is 7. The molecule has 2 aromatic rings. The first-order valence-corrected chi connectivity index (χ1v) is 11.5. The Bertz CT molecular complexity index is 970. The van der Waals surface area contributed by atoms with Crippen molar-refractivity contribution in [3.8, 4) is 0 Å². The lowest BCUT2D eigenvalue weighted by atomic mass is 10.1. The van der Waals surface area contributed by atoms with E-state index in [4.69, 9.17) is 15.2 Å². The van der Waals surface area contributed by atoms with Crippen molar-refractivity contribution in [1.29, 1.82) is 0 Å². The lowest BCUT2D eigenvalue weighted by Gasteiger charge is -2.22. The molecule has 1 heterocycles. The van der Waals surface area contributed by atoms with Crippen LogP contribution in [0.3, 0.4) is 0 Å². The van der Waals surface area contributed by atoms with Crippen LogP contribution < -0.4 is 5.73 Å². The van der Waals surface area contributed by atoms with Crippen molar-refractivity contribution < 1.29 is 23.9 Å². The van der Waals surface area contributed by atoms with Crippen molar-refractivity contribution in [1.82, 2.24) is 9.88 Å². The monoisotopic (exact) mass is 469 g/mol. The fraction of sp³-hybridized carbons (Fsp3) is 0.462. The fourth-order valence-electron chi connectivity index (χ4n) is 3.37. The zero-order valence-electron chi connectivity index (χ0n) is 20.5. The molecular formula is C26H35N3O5. The number of nitrogens with two attached hydrogens (primary N) is 1. The number of hydrogen-bond donors (Lipinski definition) is 1. The predicted octanol–water partition coefficient (Wildman–Crippen LogP) is 3.58. The van der Waals surface area contributed by atoms with E-state index in [1.165, 1.54) is 11.1 Å². The molecule has 0 saturated carbocycles. The molecule has 0 aliphatic heterocycles. The summed E-state index contributed by atoms with van der Waals surface area (Å²) in [6.07, 6.45) is 3.38. The van der Waals surface area contributed by atoms with Crippen LogP contribution in [0.2, 0.25) is 0 Å². The van der Waals surface area contributed by atoms with Crippen LogP contribution in [0.5, 0.6) is 0 Å². The minimum absolute atomic E-state index is 0.0746. The first-order valence-electron chi connectivity index (χ1n) is 11.5. The highest BCUT2D eigenvalue weighted by Gasteiger charge is 2.22. The van der Waals surface area contributed by atoms with Crippen LogP contribution in [0.1, 0.15) is 62.2 Å². The molecular weight excluding hydrogens is 434 g/mol. The van der Waals surface area contributed by atoms with Gasteiger partial charge in [-0.05, 0) is 64.2 Å². The van der Waals surface area contributed by atoms with E-state index < -0.39 is 17.5 Å². The van der Waals surface area contributed by atoms with Gasteiger partial charge in [-0.15, -0.1) is 0 Å². The van der Waals surface area contributed by atoms with Crippen molar-refractivity contribution in [2.75, 3.05) is 25.4 Å². The summed E-state index contributed by atoms with van der Waals surface area (Å²) in [6.45, 7) is 7.66. The Kier molecular flexibility index (Phi) is 10.0. The van der Waals surface area contributed by atoms with Crippen LogP contribution in [-0.4, -0.2) is 53.0 Å². The minimum atomic E-state index is -0.657. The number of anilines is 1. The number of amides is 1. The van der Waals surface area contributed by atoms with Gasteiger partial charge in [-0.2, -0.15) is 0 Å². The Morgan fingerprint density at radius 1 is 1.06 bits per heavy atom. The van der Waals surface area contributed by atoms with Gasteiger partial charge in [-0.25, -0.2) is 9.78 Å². The van der Waals surface area contributed by atoms with E-state index in [9.17, 15) is 14.4 Å². The molecule has 0 saturated heterocycles. The van der Waals surface area contributed by atoms with Crippen molar-refractivity contribution in [2.24, 2.45) is 0 Å². The maximum absolute atomic E-state index is 12.9. The predicted molar refractivity (Wildman–Crippen MR) is 130 cm³/mol. The Labute approximate surface area is 201 Å². The Morgan fingerprint density at radius 3 is 2.41 bits per heavy atom. The van der Waals surface area contributed by atoms with Crippen LogP contribution in [0.15, 0.2) is 42.6 Å². The number of benzene rings is 1. The third kappa shape index (κ3) is 8.84. The number of carbonyl (C=O) groups is 3. The van der Waals surface area contributed by atoms with E-state index in [0.717, 1.165) is 11.1 Å². The van der Waals surface area contributed by atoms with Gasteiger partial charge in [0.15, 0.2) is 5.69 Å². The van der Waals surface area contributed by atoms with Gasteiger partial charge in [0, 0.05) is 19.2 Å². The Hall–Kier alpha value is -3.42. The Morgan fingerprint density at radius 2 is 1.76 bits per heavy atom. The normalized spacial score (nSPS) is 11.1. The van der Waals surface area contributed by atoms with Crippen LogP contribution in [0.25, 0.3) is 0 Å². The highest BCUT2D eigenvalue weighted by Crippen LogP contribution is 2.21. The summed E-state index contributed by atoms with van der Waals surface area (Å²) in [6, 6.07) is 11.5. The van der Waals surface area contributed by atoms with Gasteiger partial charge >= 0.3 is 11.9 Å². The zero-order valence-corrected chi connectivity index (χ0v) is 20.5.